The number of carbonyl (C=O) groups is 2. The van der Waals surface area contributed by atoms with Crippen LogP contribution >= 0.6 is 0 Å². The van der Waals surface area contributed by atoms with Gasteiger partial charge in [-0.15, -0.1) is 0 Å². The van der Waals surface area contributed by atoms with Crippen LogP contribution in [0.2, 0.25) is 0 Å². The zero-order chi connectivity index (χ0) is 13.6. The molecule has 0 aromatic rings. The van der Waals surface area contributed by atoms with E-state index in [-0.39, 0.29) is 5.91 Å². The summed E-state index contributed by atoms with van der Waals surface area (Å²) < 4.78 is 4.95. The molecular weight excluding hydrogens is 224 g/mol. The van der Waals surface area contributed by atoms with E-state index in [9.17, 15) is 9.59 Å². The Morgan fingerprint density at radius 1 is 1.35 bits per heavy atom. The van der Waals surface area contributed by atoms with Gasteiger partial charge in [0.25, 0.3) is 5.91 Å². The topological polar surface area (TPSA) is 96.7 Å². The zero-order valence-corrected chi connectivity index (χ0v) is 11.0. The molecule has 0 aliphatic rings. The summed E-state index contributed by atoms with van der Waals surface area (Å²) in [6.45, 7) is 7.02. The predicted octanol–water partition coefficient (Wildman–Crippen LogP) is 0.126. The molecule has 7 heteroatoms. The van der Waals surface area contributed by atoms with Crippen LogP contribution in [0.5, 0.6) is 0 Å². The minimum atomic E-state index is -0.708. The number of rotatable bonds is 3. The van der Waals surface area contributed by atoms with Crippen LogP contribution in [0.1, 0.15) is 34.1 Å². The molecule has 0 radical (unpaired) electrons. The fraction of sp³-hybridized carbons (Fsp3) is 0.800. The molecule has 0 aromatic carbocycles. The van der Waals surface area contributed by atoms with Crippen LogP contribution in [0.4, 0.5) is 4.79 Å². The van der Waals surface area contributed by atoms with Crippen LogP contribution in [0, 0.1) is 0 Å². The van der Waals surface area contributed by atoms with Crippen LogP contribution < -0.4 is 16.7 Å². The van der Waals surface area contributed by atoms with Gasteiger partial charge in [-0.3, -0.25) is 16.1 Å². The summed E-state index contributed by atoms with van der Waals surface area (Å²) in [6, 6.07) is -0.495. The Morgan fingerprint density at radius 3 is 2.24 bits per heavy atom. The van der Waals surface area contributed by atoms with Crippen molar-refractivity contribution < 1.29 is 14.3 Å². The highest BCUT2D eigenvalue weighted by molar-refractivity contribution is 5.83. The molecule has 0 bridgehead atoms. The molecule has 0 saturated carbocycles. The van der Waals surface area contributed by atoms with E-state index in [0.717, 1.165) is 0 Å². The first kappa shape index (κ1) is 15.7. The Morgan fingerprint density at radius 2 is 1.88 bits per heavy atom. The van der Waals surface area contributed by atoms with Gasteiger partial charge < -0.3 is 4.74 Å². The maximum Gasteiger partial charge on any atom is 0.426 e. The number of hydrogen-bond acceptors (Lipinski definition) is 5. The first-order chi connectivity index (χ1) is 7.67. The number of nitrogens with one attached hydrogen (secondary N) is 2. The molecule has 2 amide bonds. The molecule has 0 heterocycles. The highest BCUT2D eigenvalue weighted by Crippen LogP contribution is 2.05. The molecule has 0 rings (SSSR count). The second-order valence-electron chi connectivity index (χ2n) is 4.71. The van der Waals surface area contributed by atoms with Crippen LogP contribution in [0.3, 0.4) is 0 Å². The number of hydrogen-bond donors (Lipinski definition) is 3. The van der Waals surface area contributed by atoms with Gasteiger partial charge in [-0.25, -0.2) is 15.2 Å². The molecule has 4 N–H and O–H groups in total. The number of nitrogens with zero attached hydrogens (tertiary/aromatic N) is 1. The van der Waals surface area contributed by atoms with Gasteiger partial charge in [0.2, 0.25) is 0 Å². The number of hydrazine groups is 2. The molecule has 0 saturated heterocycles. The monoisotopic (exact) mass is 246 g/mol. The molecule has 0 aliphatic heterocycles. The molecule has 0 aromatic heterocycles. The highest BCUT2D eigenvalue weighted by atomic mass is 16.6. The van der Waals surface area contributed by atoms with E-state index in [1.165, 1.54) is 5.01 Å². The summed E-state index contributed by atoms with van der Waals surface area (Å²) in [5.74, 6) is 5.10. The Bertz CT molecular complexity index is 273. The van der Waals surface area contributed by atoms with E-state index >= 15 is 0 Å². The first-order valence-electron chi connectivity index (χ1n) is 5.43. The smallest absolute Gasteiger partial charge is 0.426 e. The van der Waals surface area contributed by atoms with E-state index in [1.54, 1.807) is 27.8 Å². The number of amides is 2. The van der Waals surface area contributed by atoms with Crippen LogP contribution in [0.15, 0.2) is 0 Å². The summed E-state index contributed by atoms with van der Waals surface area (Å²) in [6.07, 6.45) is -0.171. The normalized spacial score (nSPS) is 13.1. The lowest BCUT2D eigenvalue weighted by Crippen LogP contribution is -2.53. The van der Waals surface area contributed by atoms with Gasteiger partial charge in [0.1, 0.15) is 11.6 Å². The quantitative estimate of drug-likeness (QED) is 0.485. The van der Waals surface area contributed by atoms with Crippen molar-refractivity contribution in [2.24, 2.45) is 5.84 Å². The fourth-order valence-electron chi connectivity index (χ4n) is 1.16. The number of ether oxygens (including phenoxy) is 1. The van der Waals surface area contributed by atoms with Crippen molar-refractivity contribution in [3.8, 4) is 0 Å². The average molecular weight is 246 g/mol. The van der Waals surface area contributed by atoms with E-state index in [2.05, 4.69) is 10.9 Å². The summed E-state index contributed by atoms with van der Waals surface area (Å²) in [4.78, 5) is 22.8. The SMILES string of the molecule is CCC(C(=O)NNC(=O)OC(C)(C)C)N(C)N. The maximum atomic E-state index is 11.6. The maximum absolute atomic E-state index is 11.6. The Balaban J connectivity index is 4.11. The standard InChI is InChI=1S/C10H22N4O3/c1-6-7(14(5)11)8(15)12-13-9(16)17-10(2,3)4/h7H,6,11H2,1-5H3,(H,12,15)(H,13,16). The van der Waals surface area contributed by atoms with Crippen molar-refractivity contribution in [1.82, 2.24) is 15.9 Å². The second-order valence-corrected chi connectivity index (χ2v) is 4.71. The molecule has 0 aliphatic carbocycles. The van der Waals surface area contributed by atoms with E-state index in [1.807, 2.05) is 6.92 Å². The molecule has 7 nitrogen and oxygen atoms in total. The van der Waals surface area contributed by atoms with Gasteiger partial charge in [-0.05, 0) is 27.2 Å². The number of nitrogens with two attached hydrogens (primary N) is 1. The highest BCUT2D eigenvalue weighted by Gasteiger charge is 2.21. The van der Waals surface area contributed by atoms with Gasteiger partial charge in [-0.2, -0.15) is 0 Å². The van der Waals surface area contributed by atoms with Crippen molar-refractivity contribution in [2.45, 2.75) is 45.8 Å². The van der Waals surface area contributed by atoms with E-state index < -0.39 is 17.7 Å². The minimum Gasteiger partial charge on any atom is -0.443 e. The van der Waals surface area contributed by atoms with Crippen molar-refractivity contribution in [1.29, 1.82) is 0 Å². The average Bonchev–Trinajstić information content (AvgIpc) is 2.12. The Kier molecular flexibility index (Phi) is 5.90. The van der Waals surface area contributed by atoms with Crippen LogP contribution in [-0.4, -0.2) is 35.7 Å². The van der Waals surface area contributed by atoms with Gasteiger partial charge in [-0.1, -0.05) is 6.92 Å². The van der Waals surface area contributed by atoms with Gasteiger partial charge in [0.05, 0.1) is 0 Å². The van der Waals surface area contributed by atoms with Crippen LogP contribution in [0.25, 0.3) is 0 Å². The summed E-state index contributed by atoms with van der Waals surface area (Å²) in [7, 11) is 1.58. The van der Waals surface area contributed by atoms with Crippen molar-refractivity contribution >= 4 is 12.0 Å². The van der Waals surface area contributed by atoms with Gasteiger partial charge in [0.15, 0.2) is 0 Å². The zero-order valence-electron chi connectivity index (χ0n) is 11.0. The fourth-order valence-corrected chi connectivity index (χ4v) is 1.16. The molecular formula is C10H22N4O3. The second kappa shape index (κ2) is 6.41. The molecule has 17 heavy (non-hydrogen) atoms. The summed E-state index contributed by atoms with van der Waals surface area (Å²) in [5, 5.41) is 1.28. The third kappa shape index (κ3) is 6.75. The van der Waals surface area contributed by atoms with Crippen molar-refractivity contribution in [3.63, 3.8) is 0 Å². The lowest BCUT2D eigenvalue weighted by atomic mass is 10.2. The lowest BCUT2D eigenvalue weighted by molar-refractivity contribution is -0.127. The van der Waals surface area contributed by atoms with Gasteiger partial charge in [0, 0.05) is 7.05 Å². The molecule has 0 fully saturated rings. The number of carbonyl (C=O) groups excluding carboxylic acids is 2. The van der Waals surface area contributed by atoms with Gasteiger partial charge >= 0.3 is 6.09 Å². The minimum absolute atomic E-state index is 0.386. The lowest BCUT2D eigenvalue weighted by Gasteiger charge is -2.23. The largest absolute Gasteiger partial charge is 0.443 e. The third-order valence-corrected chi connectivity index (χ3v) is 1.87. The Hall–Kier alpha value is -1.34. The van der Waals surface area contributed by atoms with Crippen molar-refractivity contribution in [3.05, 3.63) is 0 Å². The van der Waals surface area contributed by atoms with Crippen molar-refractivity contribution in [2.75, 3.05) is 7.05 Å². The first-order valence-corrected chi connectivity index (χ1v) is 5.43. The molecule has 1 atom stereocenters. The Labute approximate surface area is 102 Å². The predicted molar refractivity (Wildman–Crippen MR) is 63.5 cm³/mol. The molecule has 0 spiro atoms. The third-order valence-electron chi connectivity index (χ3n) is 1.87. The van der Waals surface area contributed by atoms with E-state index in [4.69, 9.17) is 10.6 Å². The summed E-state index contributed by atoms with van der Waals surface area (Å²) >= 11 is 0. The van der Waals surface area contributed by atoms with Crippen LogP contribution in [-0.2, 0) is 9.53 Å². The van der Waals surface area contributed by atoms with E-state index in [0.29, 0.717) is 6.42 Å². The summed E-state index contributed by atoms with van der Waals surface area (Å²) in [5.41, 5.74) is 3.81. The number of likely N-dealkylation sites (N-methyl/N-ethyl adjacent to an activating group) is 1. The molecule has 1 unspecified atom stereocenters. The molecule has 100 valence electrons.